The highest BCUT2D eigenvalue weighted by molar-refractivity contribution is 7.92. The molecule has 1 aromatic heterocycles. The Hall–Kier alpha value is -1.75. The predicted octanol–water partition coefficient (Wildman–Crippen LogP) is 0.517. The van der Waals surface area contributed by atoms with Gasteiger partial charge in [0, 0.05) is 7.05 Å². The molecule has 1 heterocycles. The van der Waals surface area contributed by atoms with E-state index in [4.69, 9.17) is 0 Å². The van der Waals surface area contributed by atoms with Crippen LogP contribution in [0.1, 0.15) is 17.0 Å². The van der Waals surface area contributed by atoms with Gasteiger partial charge in [-0.15, -0.1) is 9.66 Å². The van der Waals surface area contributed by atoms with Crippen LogP contribution in [0.3, 0.4) is 0 Å². The van der Waals surface area contributed by atoms with Crippen LogP contribution in [0.2, 0.25) is 0 Å². The number of aromatic nitrogens is 2. The molecule has 0 aliphatic carbocycles. The standard InChI is InChI=1S/C13H18N4O4S2/c1-9-5-7-12(8-6-9)22(18,19)15-16-23(20,21)13-10(2)14-17(4)11(13)3/h5-8,15-16H,1-4H3. The first-order valence-electron chi connectivity index (χ1n) is 6.65. The van der Waals surface area contributed by atoms with Crippen LogP contribution < -0.4 is 9.66 Å². The zero-order valence-electron chi connectivity index (χ0n) is 13.2. The van der Waals surface area contributed by atoms with E-state index in [2.05, 4.69) is 5.10 Å². The van der Waals surface area contributed by atoms with Crippen molar-refractivity contribution in [2.75, 3.05) is 0 Å². The molecule has 0 radical (unpaired) electrons. The largest absolute Gasteiger partial charge is 0.271 e. The first kappa shape index (κ1) is 17.6. The van der Waals surface area contributed by atoms with Crippen LogP contribution in [0, 0.1) is 20.8 Å². The molecule has 2 N–H and O–H groups in total. The highest BCUT2D eigenvalue weighted by atomic mass is 32.2. The Balaban J connectivity index is 2.27. The molecule has 0 amide bonds. The Morgan fingerprint density at radius 3 is 1.91 bits per heavy atom. The van der Waals surface area contributed by atoms with E-state index < -0.39 is 20.0 Å². The number of aryl methyl sites for hydroxylation is 3. The van der Waals surface area contributed by atoms with E-state index in [0.717, 1.165) is 5.56 Å². The molecule has 10 heteroatoms. The van der Waals surface area contributed by atoms with Gasteiger partial charge in [-0.1, -0.05) is 17.7 Å². The van der Waals surface area contributed by atoms with E-state index >= 15 is 0 Å². The number of sulfonamides is 2. The topological polar surface area (TPSA) is 110 Å². The van der Waals surface area contributed by atoms with Crippen molar-refractivity contribution in [3.8, 4) is 0 Å². The van der Waals surface area contributed by atoms with Gasteiger partial charge in [0.2, 0.25) is 0 Å². The second-order valence-corrected chi connectivity index (χ2v) is 8.45. The fourth-order valence-electron chi connectivity index (χ4n) is 2.08. The van der Waals surface area contributed by atoms with Crippen LogP contribution in [-0.4, -0.2) is 26.6 Å². The molecule has 2 rings (SSSR count). The molecule has 0 spiro atoms. The second kappa shape index (κ2) is 6.04. The van der Waals surface area contributed by atoms with E-state index in [1.807, 2.05) is 16.6 Å². The van der Waals surface area contributed by atoms with Gasteiger partial charge in [0.15, 0.2) is 0 Å². The Kier molecular flexibility index (Phi) is 4.62. The maximum atomic E-state index is 12.3. The van der Waals surface area contributed by atoms with Crippen LogP contribution in [0.15, 0.2) is 34.1 Å². The van der Waals surface area contributed by atoms with Crippen LogP contribution >= 0.6 is 0 Å². The Morgan fingerprint density at radius 1 is 0.913 bits per heavy atom. The molecule has 0 unspecified atom stereocenters. The third-order valence-corrected chi connectivity index (χ3v) is 6.24. The highest BCUT2D eigenvalue weighted by Crippen LogP contribution is 2.18. The summed E-state index contributed by atoms with van der Waals surface area (Å²) >= 11 is 0. The minimum atomic E-state index is -4.07. The zero-order chi connectivity index (χ0) is 17.4. The van der Waals surface area contributed by atoms with Crippen molar-refractivity contribution in [2.45, 2.75) is 30.6 Å². The molecule has 0 bridgehead atoms. The van der Waals surface area contributed by atoms with Gasteiger partial charge in [0.1, 0.15) is 4.90 Å². The first-order chi connectivity index (χ1) is 10.5. The van der Waals surface area contributed by atoms with Gasteiger partial charge in [-0.25, -0.2) is 16.8 Å². The second-order valence-electron chi connectivity index (χ2n) is 5.15. The van der Waals surface area contributed by atoms with E-state index in [9.17, 15) is 16.8 Å². The van der Waals surface area contributed by atoms with Gasteiger partial charge in [-0.2, -0.15) is 5.10 Å². The summed E-state index contributed by atoms with van der Waals surface area (Å²) in [5, 5.41) is 4.01. The molecular formula is C13H18N4O4S2. The zero-order valence-corrected chi connectivity index (χ0v) is 14.8. The molecule has 1 aromatic carbocycles. The summed E-state index contributed by atoms with van der Waals surface area (Å²) in [6.45, 7) is 4.94. The van der Waals surface area contributed by atoms with Crippen molar-refractivity contribution in [3.63, 3.8) is 0 Å². The molecule has 8 nitrogen and oxygen atoms in total. The van der Waals surface area contributed by atoms with Gasteiger partial charge in [0.25, 0.3) is 20.0 Å². The molecule has 126 valence electrons. The molecule has 0 saturated carbocycles. The van der Waals surface area contributed by atoms with Crippen molar-refractivity contribution >= 4 is 20.0 Å². The predicted molar refractivity (Wildman–Crippen MR) is 84.5 cm³/mol. The maximum Gasteiger partial charge on any atom is 0.257 e. The number of nitrogens with zero attached hydrogens (tertiary/aromatic N) is 2. The van der Waals surface area contributed by atoms with Crippen LogP contribution in [0.25, 0.3) is 0 Å². The van der Waals surface area contributed by atoms with E-state index in [-0.39, 0.29) is 15.5 Å². The smallest absolute Gasteiger partial charge is 0.257 e. The lowest BCUT2D eigenvalue weighted by Gasteiger charge is -2.10. The van der Waals surface area contributed by atoms with E-state index in [0.29, 0.717) is 5.69 Å². The average molecular weight is 358 g/mol. The van der Waals surface area contributed by atoms with Gasteiger partial charge in [-0.3, -0.25) is 4.68 Å². The number of rotatable bonds is 5. The first-order valence-corrected chi connectivity index (χ1v) is 9.62. The molecule has 0 fully saturated rings. The molecule has 0 aliphatic rings. The number of hydrogen-bond acceptors (Lipinski definition) is 5. The highest BCUT2D eigenvalue weighted by Gasteiger charge is 2.25. The Morgan fingerprint density at radius 2 is 1.43 bits per heavy atom. The molecule has 23 heavy (non-hydrogen) atoms. The third-order valence-electron chi connectivity index (χ3n) is 3.35. The van der Waals surface area contributed by atoms with Crippen molar-refractivity contribution in [1.29, 1.82) is 0 Å². The molecular weight excluding hydrogens is 340 g/mol. The Labute approximate surface area is 135 Å². The van der Waals surface area contributed by atoms with Gasteiger partial charge < -0.3 is 0 Å². The lowest BCUT2D eigenvalue weighted by molar-refractivity contribution is 0.557. The summed E-state index contributed by atoms with van der Waals surface area (Å²) in [7, 11) is -6.47. The normalized spacial score (nSPS) is 12.5. The minimum absolute atomic E-state index is 0.0366. The van der Waals surface area contributed by atoms with E-state index in [1.165, 1.54) is 23.7 Å². The fourth-order valence-corrected chi connectivity index (χ4v) is 4.62. The number of hydrazine groups is 1. The lowest BCUT2D eigenvalue weighted by atomic mass is 10.2. The van der Waals surface area contributed by atoms with Crippen molar-refractivity contribution in [1.82, 2.24) is 19.4 Å². The molecule has 0 aliphatic heterocycles. The van der Waals surface area contributed by atoms with Crippen LogP contribution in [-0.2, 0) is 27.1 Å². The SMILES string of the molecule is Cc1ccc(S(=O)(=O)NNS(=O)(=O)c2c(C)nn(C)c2C)cc1. The number of nitrogens with one attached hydrogen (secondary N) is 2. The van der Waals surface area contributed by atoms with Crippen LogP contribution in [0.4, 0.5) is 0 Å². The summed E-state index contributed by atoms with van der Waals surface area (Å²) in [6, 6.07) is 6.04. The summed E-state index contributed by atoms with van der Waals surface area (Å²) < 4.78 is 50.3. The van der Waals surface area contributed by atoms with Crippen molar-refractivity contribution < 1.29 is 16.8 Å². The fraction of sp³-hybridized carbons (Fsp3) is 0.308. The minimum Gasteiger partial charge on any atom is -0.271 e. The van der Waals surface area contributed by atoms with Crippen molar-refractivity contribution in [2.24, 2.45) is 7.05 Å². The van der Waals surface area contributed by atoms with Crippen molar-refractivity contribution in [3.05, 3.63) is 41.2 Å². The summed E-state index contributed by atoms with van der Waals surface area (Å²) in [4.78, 5) is 3.71. The summed E-state index contributed by atoms with van der Waals surface area (Å²) in [6.07, 6.45) is 0. The number of benzene rings is 1. The Bertz CT molecular complexity index is 929. The average Bonchev–Trinajstić information content (AvgIpc) is 2.71. The maximum absolute atomic E-state index is 12.3. The molecule has 0 saturated heterocycles. The van der Waals surface area contributed by atoms with Gasteiger partial charge >= 0.3 is 0 Å². The summed E-state index contributed by atoms with van der Waals surface area (Å²) in [5.74, 6) is 0. The quantitative estimate of drug-likeness (QED) is 0.757. The monoisotopic (exact) mass is 358 g/mol. The van der Waals surface area contributed by atoms with Gasteiger partial charge in [-0.05, 0) is 32.9 Å². The lowest BCUT2D eigenvalue weighted by Crippen LogP contribution is -2.41. The third kappa shape index (κ3) is 3.61. The molecule has 0 atom stereocenters. The van der Waals surface area contributed by atoms with Crippen LogP contribution in [0.5, 0.6) is 0 Å². The molecule has 2 aromatic rings. The van der Waals surface area contributed by atoms with E-state index in [1.54, 1.807) is 26.1 Å². The number of hydrogen-bond donors (Lipinski definition) is 2. The van der Waals surface area contributed by atoms with Gasteiger partial charge in [0.05, 0.1) is 16.3 Å². The summed E-state index contributed by atoms with van der Waals surface area (Å²) in [5.41, 5.74) is 1.59.